The van der Waals surface area contributed by atoms with Crippen molar-refractivity contribution < 1.29 is 0 Å². The van der Waals surface area contributed by atoms with E-state index in [1.54, 1.807) is 53.1 Å². The Bertz CT molecular complexity index is 1380. The van der Waals surface area contributed by atoms with Crippen LogP contribution in [0, 0.1) is 11.3 Å². The number of rotatable bonds is 5. The summed E-state index contributed by atoms with van der Waals surface area (Å²) in [6.07, 6.45) is 0.527. The van der Waals surface area contributed by atoms with Crippen molar-refractivity contribution in [1.29, 1.82) is 5.26 Å². The Kier molecular flexibility index (Phi) is 5.51. The fraction of sp³-hybridized carbons (Fsp3) is 0.125. The van der Waals surface area contributed by atoms with Crippen LogP contribution in [0.15, 0.2) is 82.4 Å². The molecule has 0 saturated heterocycles. The molecule has 0 aliphatic carbocycles. The van der Waals surface area contributed by atoms with Crippen LogP contribution in [0.4, 0.5) is 0 Å². The molecule has 4 aromatic rings. The predicted molar refractivity (Wildman–Crippen MR) is 118 cm³/mol. The van der Waals surface area contributed by atoms with Gasteiger partial charge in [-0.1, -0.05) is 54.1 Å². The van der Waals surface area contributed by atoms with Gasteiger partial charge in [0.15, 0.2) is 0 Å². The van der Waals surface area contributed by atoms with Crippen LogP contribution >= 0.6 is 11.6 Å². The SMILES string of the molecule is N#Cc1ccccc1Cn1c(=O)n(CCc2ccc(Cl)cc2)c(=O)c2ccccc21. The zero-order valence-corrected chi connectivity index (χ0v) is 16.8. The molecule has 0 bridgehead atoms. The number of halogens is 1. The minimum absolute atomic E-state index is 0.213. The second kappa shape index (κ2) is 8.40. The van der Waals surface area contributed by atoms with Crippen molar-refractivity contribution in [2.24, 2.45) is 0 Å². The lowest BCUT2D eigenvalue weighted by atomic mass is 10.1. The number of benzene rings is 3. The first-order valence-corrected chi connectivity index (χ1v) is 9.91. The molecule has 0 aliphatic heterocycles. The lowest BCUT2D eigenvalue weighted by Gasteiger charge is -2.15. The first-order chi connectivity index (χ1) is 14.6. The maximum Gasteiger partial charge on any atom is 0.331 e. The van der Waals surface area contributed by atoms with Crippen molar-refractivity contribution in [3.63, 3.8) is 0 Å². The van der Waals surface area contributed by atoms with E-state index in [9.17, 15) is 14.9 Å². The van der Waals surface area contributed by atoms with Gasteiger partial charge in [-0.25, -0.2) is 4.79 Å². The van der Waals surface area contributed by atoms with Gasteiger partial charge >= 0.3 is 5.69 Å². The number of aromatic nitrogens is 2. The smallest absolute Gasteiger partial charge is 0.289 e. The summed E-state index contributed by atoms with van der Waals surface area (Å²) in [4.78, 5) is 26.3. The standard InChI is InChI=1S/C24H18ClN3O2/c25-20-11-9-17(10-12-20)13-14-27-23(29)21-7-3-4-8-22(21)28(24(27)30)16-19-6-2-1-5-18(19)15-26/h1-12H,13-14,16H2. The van der Waals surface area contributed by atoms with Crippen LogP contribution in [-0.2, 0) is 19.5 Å². The largest absolute Gasteiger partial charge is 0.331 e. The summed E-state index contributed by atoms with van der Waals surface area (Å²) in [5.74, 6) is 0. The van der Waals surface area contributed by atoms with Gasteiger partial charge in [0.2, 0.25) is 0 Å². The Morgan fingerprint density at radius 2 is 1.57 bits per heavy atom. The second-order valence-electron chi connectivity index (χ2n) is 6.99. The number of nitrogens with zero attached hydrogens (tertiary/aromatic N) is 3. The fourth-order valence-corrected chi connectivity index (χ4v) is 3.68. The van der Waals surface area contributed by atoms with Crippen LogP contribution in [0.2, 0.25) is 5.02 Å². The van der Waals surface area contributed by atoms with Gasteiger partial charge in [0.25, 0.3) is 5.56 Å². The highest BCUT2D eigenvalue weighted by Gasteiger charge is 2.14. The molecule has 0 radical (unpaired) electrons. The summed E-state index contributed by atoms with van der Waals surface area (Å²) in [6, 6.07) is 23.7. The summed E-state index contributed by atoms with van der Waals surface area (Å²) in [5.41, 5.74) is 2.08. The van der Waals surface area contributed by atoms with E-state index in [0.717, 1.165) is 11.1 Å². The van der Waals surface area contributed by atoms with E-state index in [0.29, 0.717) is 27.9 Å². The minimum atomic E-state index is -0.389. The molecule has 0 unspecified atom stereocenters. The molecule has 3 aromatic carbocycles. The first kappa shape index (κ1) is 19.7. The summed E-state index contributed by atoms with van der Waals surface area (Å²) < 4.78 is 2.83. The summed E-state index contributed by atoms with van der Waals surface area (Å²) in [6.45, 7) is 0.467. The van der Waals surface area contributed by atoms with Gasteiger partial charge in [-0.3, -0.25) is 13.9 Å². The molecule has 5 nitrogen and oxygen atoms in total. The van der Waals surface area contributed by atoms with E-state index in [1.807, 2.05) is 24.3 Å². The van der Waals surface area contributed by atoms with Gasteiger partial charge in [-0.05, 0) is 47.9 Å². The van der Waals surface area contributed by atoms with E-state index in [4.69, 9.17) is 11.6 Å². The molecule has 0 spiro atoms. The average Bonchev–Trinajstić information content (AvgIpc) is 2.78. The molecular weight excluding hydrogens is 398 g/mol. The molecule has 0 saturated carbocycles. The number of aryl methyl sites for hydroxylation is 1. The van der Waals surface area contributed by atoms with Crippen LogP contribution in [0.1, 0.15) is 16.7 Å². The van der Waals surface area contributed by atoms with E-state index < -0.39 is 0 Å². The molecule has 0 aliphatic rings. The lowest BCUT2D eigenvalue weighted by Crippen LogP contribution is -2.40. The van der Waals surface area contributed by atoms with Gasteiger partial charge in [0.05, 0.1) is 29.1 Å². The van der Waals surface area contributed by atoms with Crippen LogP contribution in [0.25, 0.3) is 10.9 Å². The maximum atomic E-state index is 13.3. The van der Waals surface area contributed by atoms with Gasteiger partial charge in [-0.2, -0.15) is 5.26 Å². The lowest BCUT2D eigenvalue weighted by molar-refractivity contribution is 0.589. The van der Waals surface area contributed by atoms with Crippen LogP contribution < -0.4 is 11.2 Å². The van der Waals surface area contributed by atoms with Crippen LogP contribution in [0.3, 0.4) is 0 Å². The molecule has 6 heteroatoms. The summed E-state index contributed by atoms with van der Waals surface area (Å²) in [5, 5.41) is 10.5. The second-order valence-corrected chi connectivity index (χ2v) is 7.42. The molecule has 30 heavy (non-hydrogen) atoms. The Hall–Kier alpha value is -3.62. The van der Waals surface area contributed by atoms with E-state index in [2.05, 4.69) is 6.07 Å². The Labute approximate surface area is 178 Å². The highest BCUT2D eigenvalue weighted by molar-refractivity contribution is 6.30. The summed E-state index contributed by atoms with van der Waals surface area (Å²) >= 11 is 5.94. The van der Waals surface area contributed by atoms with Crippen molar-refractivity contribution in [3.05, 3.63) is 115 Å². The highest BCUT2D eigenvalue weighted by Crippen LogP contribution is 2.14. The molecule has 0 N–H and O–H groups in total. The van der Waals surface area contributed by atoms with E-state index in [-0.39, 0.29) is 24.3 Å². The summed E-state index contributed by atoms with van der Waals surface area (Å²) in [7, 11) is 0. The van der Waals surface area contributed by atoms with Crippen molar-refractivity contribution in [1.82, 2.24) is 9.13 Å². The number of nitriles is 1. The van der Waals surface area contributed by atoms with Crippen LogP contribution in [0.5, 0.6) is 0 Å². The van der Waals surface area contributed by atoms with Gasteiger partial charge in [0.1, 0.15) is 0 Å². The zero-order valence-electron chi connectivity index (χ0n) is 16.1. The number of fused-ring (bicyclic) bond motifs is 1. The van der Waals surface area contributed by atoms with Crippen molar-refractivity contribution in [2.75, 3.05) is 0 Å². The van der Waals surface area contributed by atoms with Crippen LogP contribution in [-0.4, -0.2) is 9.13 Å². The molecule has 4 rings (SSSR count). The number of para-hydroxylation sites is 1. The fourth-order valence-electron chi connectivity index (χ4n) is 3.55. The number of hydrogen-bond donors (Lipinski definition) is 0. The van der Waals surface area contributed by atoms with E-state index >= 15 is 0 Å². The molecule has 1 aromatic heterocycles. The third-order valence-electron chi connectivity index (χ3n) is 5.14. The van der Waals surface area contributed by atoms with Crippen molar-refractivity contribution in [3.8, 4) is 6.07 Å². The Morgan fingerprint density at radius 1 is 0.867 bits per heavy atom. The van der Waals surface area contributed by atoms with Gasteiger partial charge < -0.3 is 0 Å². The van der Waals surface area contributed by atoms with Gasteiger partial charge in [0, 0.05) is 11.6 Å². The Balaban J connectivity index is 1.81. The molecule has 148 valence electrons. The van der Waals surface area contributed by atoms with Crippen molar-refractivity contribution in [2.45, 2.75) is 19.5 Å². The average molecular weight is 416 g/mol. The molecule has 0 atom stereocenters. The molecule has 1 heterocycles. The maximum absolute atomic E-state index is 13.3. The molecular formula is C24H18ClN3O2. The third-order valence-corrected chi connectivity index (χ3v) is 5.39. The predicted octanol–water partition coefficient (Wildman–Crippen LogP) is 3.98. The van der Waals surface area contributed by atoms with Gasteiger partial charge in [-0.15, -0.1) is 0 Å². The normalized spacial score (nSPS) is 10.8. The number of hydrogen-bond acceptors (Lipinski definition) is 3. The highest BCUT2D eigenvalue weighted by atomic mass is 35.5. The monoisotopic (exact) mass is 415 g/mol. The van der Waals surface area contributed by atoms with Crippen molar-refractivity contribution >= 4 is 22.5 Å². The Morgan fingerprint density at radius 3 is 2.33 bits per heavy atom. The molecule has 0 amide bonds. The third kappa shape index (κ3) is 3.78. The topological polar surface area (TPSA) is 67.8 Å². The first-order valence-electron chi connectivity index (χ1n) is 9.53. The molecule has 0 fully saturated rings. The quantitative estimate of drug-likeness (QED) is 0.495. The minimum Gasteiger partial charge on any atom is -0.289 e. The van der Waals surface area contributed by atoms with E-state index in [1.165, 1.54) is 4.57 Å². The zero-order chi connectivity index (χ0) is 21.1.